The van der Waals surface area contributed by atoms with E-state index in [0.717, 1.165) is 33.8 Å². The number of ketones is 1. The highest BCUT2D eigenvalue weighted by Gasteiger charge is 2.19. The molecular weight excluding hydrogens is 391 g/mol. The number of benzene rings is 2. The van der Waals surface area contributed by atoms with Crippen LogP contribution in [0, 0.1) is 5.82 Å². The van der Waals surface area contributed by atoms with Crippen LogP contribution in [-0.2, 0) is 9.22 Å². The number of carbonyl (C=O) groups excluding carboxylic acids is 1. The van der Waals surface area contributed by atoms with E-state index < -0.39 is 0 Å². The molecule has 0 N–H and O–H groups in total. The Kier molecular flexibility index (Phi) is 5.44. The lowest BCUT2D eigenvalue weighted by atomic mass is 10.0. The molecule has 5 nitrogen and oxygen atoms in total. The summed E-state index contributed by atoms with van der Waals surface area (Å²) in [6, 6.07) is 17.4. The molecule has 2 heterocycles. The van der Waals surface area contributed by atoms with Crippen molar-refractivity contribution in [3.05, 3.63) is 78.2 Å². The lowest BCUT2D eigenvalue weighted by molar-refractivity contribution is -0.160. The number of pyridine rings is 1. The van der Waals surface area contributed by atoms with Crippen molar-refractivity contribution in [3.8, 4) is 22.5 Å². The van der Waals surface area contributed by atoms with Gasteiger partial charge in [0.15, 0.2) is 5.78 Å². The van der Waals surface area contributed by atoms with Crippen LogP contribution >= 0.6 is 12.0 Å². The number of hydrogen-bond acceptors (Lipinski definition) is 5. The van der Waals surface area contributed by atoms with Gasteiger partial charge in [-0.2, -0.15) is 4.33 Å². The Labute approximate surface area is 171 Å². The maximum absolute atomic E-state index is 13.5. The molecule has 4 aromatic rings. The number of nitrogens with zero attached hydrogens (tertiary/aromatic N) is 2. The fraction of sp³-hybridized carbons (Fsp3) is 0.0909. The van der Waals surface area contributed by atoms with Crippen molar-refractivity contribution < 1.29 is 18.4 Å². The van der Waals surface area contributed by atoms with Gasteiger partial charge in [-0.3, -0.25) is 9.20 Å². The molecule has 0 aliphatic heterocycles. The van der Waals surface area contributed by atoms with Crippen molar-refractivity contribution in [1.82, 2.24) is 9.38 Å². The SMILES string of the molecule is COOSc1ccc(-c2nc3c(C(C)=O)cccn3c2-c2ccc(F)cc2)cc1. The molecular formula is C22H17FN2O3S. The van der Waals surface area contributed by atoms with Gasteiger partial charge in [0.25, 0.3) is 0 Å². The van der Waals surface area contributed by atoms with E-state index in [4.69, 9.17) is 9.32 Å². The Bertz CT molecular complexity index is 1170. The highest BCUT2D eigenvalue weighted by molar-refractivity contribution is 7.94. The van der Waals surface area contributed by atoms with Gasteiger partial charge in [-0.1, -0.05) is 12.1 Å². The molecule has 2 aromatic carbocycles. The summed E-state index contributed by atoms with van der Waals surface area (Å²) in [7, 11) is 1.44. The van der Waals surface area contributed by atoms with E-state index in [9.17, 15) is 9.18 Å². The summed E-state index contributed by atoms with van der Waals surface area (Å²) in [6.45, 7) is 1.52. The van der Waals surface area contributed by atoms with Crippen LogP contribution in [0.3, 0.4) is 0 Å². The maximum atomic E-state index is 13.5. The first-order chi connectivity index (χ1) is 14.1. The van der Waals surface area contributed by atoms with Gasteiger partial charge in [-0.15, -0.1) is 0 Å². The third-order valence-corrected chi connectivity index (χ3v) is 5.14. The van der Waals surface area contributed by atoms with Crippen LogP contribution in [0.1, 0.15) is 17.3 Å². The summed E-state index contributed by atoms with van der Waals surface area (Å²) >= 11 is 1.10. The van der Waals surface area contributed by atoms with Crippen LogP contribution in [-0.4, -0.2) is 22.3 Å². The zero-order chi connectivity index (χ0) is 20.4. The van der Waals surface area contributed by atoms with E-state index in [-0.39, 0.29) is 11.6 Å². The molecule has 0 unspecified atom stereocenters. The summed E-state index contributed by atoms with van der Waals surface area (Å²) in [5.74, 6) is -0.380. The largest absolute Gasteiger partial charge is 0.298 e. The quantitative estimate of drug-likeness (QED) is 0.180. The van der Waals surface area contributed by atoms with Crippen LogP contribution < -0.4 is 0 Å². The molecule has 0 saturated heterocycles. The van der Waals surface area contributed by atoms with Gasteiger partial charge in [-0.05, 0) is 55.5 Å². The second kappa shape index (κ2) is 8.16. The molecule has 7 heteroatoms. The number of carbonyl (C=O) groups is 1. The van der Waals surface area contributed by atoms with Gasteiger partial charge in [0.05, 0.1) is 36.1 Å². The smallest absolute Gasteiger partial charge is 0.163 e. The molecule has 0 aliphatic carbocycles. The third-order valence-electron chi connectivity index (χ3n) is 4.47. The first kappa shape index (κ1) is 19.3. The highest BCUT2D eigenvalue weighted by Crippen LogP contribution is 2.34. The molecule has 0 amide bonds. The van der Waals surface area contributed by atoms with Gasteiger partial charge in [0.1, 0.15) is 11.5 Å². The van der Waals surface area contributed by atoms with Crippen molar-refractivity contribution in [3.63, 3.8) is 0 Å². The zero-order valence-electron chi connectivity index (χ0n) is 15.8. The maximum Gasteiger partial charge on any atom is 0.163 e. The molecule has 2 aromatic heterocycles. The molecule has 146 valence electrons. The standard InChI is InChI=1S/C22H17FN2O3S/c1-14(26)19-4-3-13-25-21(16-5-9-17(23)10-6-16)20(24-22(19)25)15-7-11-18(12-8-15)29-28-27-2/h3-13H,1-2H3. The number of aromatic nitrogens is 2. The molecule has 0 atom stereocenters. The predicted octanol–water partition coefficient (Wildman–Crippen LogP) is 5.60. The third kappa shape index (κ3) is 3.80. The minimum Gasteiger partial charge on any atom is -0.298 e. The van der Waals surface area contributed by atoms with Crippen LogP contribution in [0.2, 0.25) is 0 Å². The van der Waals surface area contributed by atoms with Gasteiger partial charge in [0, 0.05) is 22.2 Å². The number of halogens is 1. The molecule has 4 rings (SSSR count). The number of hydrogen-bond donors (Lipinski definition) is 0. The monoisotopic (exact) mass is 408 g/mol. The molecule has 29 heavy (non-hydrogen) atoms. The normalized spacial score (nSPS) is 11.1. The summed E-state index contributed by atoms with van der Waals surface area (Å²) in [5, 5.41) is 0. The topological polar surface area (TPSA) is 52.8 Å². The van der Waals surface area contributed by atoms with Gasteiger partial charge in [-0.25, -0.2) is 14.3 Å². The van der Waals surface area contributed by atoms with Gasteiger partial charge in [0.2, 0.25) is 0 Å². The van der Waals surface area contributed by atoms with Crippen molar-refractivity contribution in [2.75, 3.05) is 7.11 Å². The summed E-state index contributed by atoms with van der Waals surface area (Å²) in [6.07, 6.45) is 1.85. The Morgan fingerprint density at radius 1 is 1.03 bits per heavy atom. The van der Waals surface area contributed by atoms with Crippen molar-refractivity contribution in [1.29, 1.82) is 0 Å². The van der Waals surface area contributed by atoms with Crippen LogP contribution in [0.4, 0.5) is 4.39 Å². The molecule has 0 bridgehead atoms. The second-order valence-corrected chi connectivity index (χ2v) is 7.10. The van der Waals surface area contributed by atoms with E-state index in [1.54, 1.807) is 18.2 Å². The van der Waals surface area contributed by atoms with E-state index >= 15 is 0 Å². The fourth-order valence-corrected chi connectivity index (χ4v) is 3.56. The van der Waals surface area contributed by atoms with E-state index in [1.165, 1.54) is 26.2 Å². The van der Waals surface area contributed by atoms with E-state index in [2.05, 4.69) is 4.89 Å². The minimum absolute atomic E-state index is 0.0683. The average molecular weight is 408 g/mol. The minimum atomic E-state index is -0.312. The number of Topliss-reactive ketones (excluding diaryl/α,β-unsaturated/α-hetero) is 1. The molecule has 0 aliphatic rings. The number of imidazole rings is 1. The molecule has 0 radical (unpaired) electrons. The summed E-state index contributed by atoms with van der Waals surface area (Å²) in [4.78, 5) is 22.4. The zero-order valence-corrected chi connectivity index (χ0v) is 16.6. The van der Waals surface area contributed by atoms with Crippen LogP contribution in [0.15, 0.2) is 71.8 Å². The summed E-state index contributed by atoms with van der Waals surface area (Å²) < 4.78 is 20.2. The van der Waals surface area contributed by atoms with Crippen molar-refractivity contribution in [2.24, 2.45) is 0 Å². The molecule has 0 spiro atoms. The Balaban J connectivity index is 1.92. The number of fused-ring (bicyclic) bond motifs is 1. The fourth-order valence-electron chi connectivity index (χ4n) is 3.17. The Hall–Kier alpha value is -3.00. The molecule has 0 fully saturated rings. The Morgan fingerprint density at radius 3 is 2.38 bits per heavy atom. The average Bonchev–Trinajstić information content (AvgIpc) is 3.12. The van der Waals surface area contributed by atoms with Gasteiger partial charge < -0.3 is 0 Å². The first-order valence-corrected chi connectivity index (χ1v) is 9.58. The Morgan fingerprint density at radius 2 is 1.72 bits per heavy atom. The van der Waals surface area contributed by atoms with Gasteiger partial charge >= 0.3 is 0 Å². The van der Waals surface area contributed by atoms with E-state index in [1.807, 2.05) is 40.9 Å². The van der Waals surface area contributed by atoms with E-state index in [0.29, 0.717) is 16.9 Å². The summed E-state index contributed by atoms with van der Waals surface area (Å²) in [5.41, 5.74) is 4.25. The van der Waals surface area contributed by atoms with Crippen LogP contribution in [0.25, 0.3) is 28.2 Å². The second-order valence-electron chi connectivity index (χ2n) is 6.33. The van der Waals surface area contributed by atoms with Crippen molar-refractivity contribution in [2.45, 2.75) is 11.8 Å². The first-order valence-electron chi connectivity index (χ1n) is 8.84. The molecule has 0 saturated carbocycles. The lowest BCUT2D eigenvalue weighted by Crippen LogP contribution is -1.98. The predicted molar refractivity (Wildman–Crippen MR) is 110 cm³/mol. The highest BCUT2D eigenvalue weighted by atomic mass is 32.2. The lowest BCUT2D eigenvalue weighted by Gasteiger charge is -2.07. The number of rotatable bonds is 6. The van der Waals surface area contributed by atoms with Crippen LogP contribution in [0.5, 0.6) is 0 Å². The van der Waals surface area contributed by atoms with Crippen molar-refractivity contribution >= 4 is 23.5 Å².